The summed E-state index contributed by atoms with van der Waals surface area (Å²) in [4.78, 5) is 44.2. The molecule has 0 saturated carbocycles. The molecule has 1 heterocycles. The molecule has 0 aliphatic carbocycles. The molecule has 1 aromatic carbocycles. The number of non-ortho nitro benzene ring substituents is 1. The van der Waals surface area contributed by atoms with Gasteiger partial charge in [0.2, 0.25) is 15.9 Å². The number of sulfonamides is 1. The molecule has 0 radical (unpaired) electrons. The molecule has 2 unspecified atom stereocenters. The predicted molar refractivity (Wildman–Crippen MR) is 96.4 cm³/mol. The van der Waals surface area contributed by atoms with Crippen molar-refractivity contribution in [3.63, 3.8) is 0 Å². The summed E-state index contributed by atoms with van der Waals surface area (Å²) in [6.07, 6.45) is -0.314. The zero-order chi connectivity index (χ0) is 21.8. The van der Waals surface area contributed by atoms with Crippen LogP contribution in [0.3, 0.4) is 0 Å². The van der Waals surface area contributed by atoms with E-state index >= 15 is 0 Å². The molecule has 0 bridgehead atoms. The molecule has 12 nitrogen and oxygen atoms in total. The number of benzene rings is 1. The van der Waals surface area contributed by atoms with Crippen LogP contribution in [-0.2, 0) is 24.4 Å². The Bertz CT molecular complexity index is 914. The highest BCUT2D eigenvalue weighted by atomic mass is 32.2. The summed E-state index contributed by atoms with van der Waals surface area (Å²) < 4.78 is 26.6. The van der Waals surface area contributed by atoms with Crippen molar-refractivity contribution in [3.8, 4) is 0 Å². The van der Waals surface area contributed by atoms with Gasteiger partial charge in [-0.25, -0.2) is 13.2 Å². The summed E-state index contributed by atoms with van der Waals surface area (Å²) in [7, 11) is -4.15. The maximum atomic E-state index is 12.8. The molecule has 1 amide bonds. The van der Waals surface area contributed by atoms with E-state index < -0.39 is 51.3 Å². The van der Waals surface area contributed by atoms with Crippen molar-refractivity contribution in [2.45, 2.75) is 42.7 Å². The Morgan fingerprint density at radius 1 is 1.24 bits per heavy atom. The van der Waals surface area contributed by atoms with E-state index in [1.165, 1.54) is 0 Å². The molecule has 1 aromatic rings. The number of aliphatic carboxylic acids is 2. The van der Waals surface area contributed by atoms with Crippen LogP contribution in [0.5, 0.6) is 0 Å². The second kappa shape index (κ2) is 8.96. The van der Waals surface area contributed by atoms with Gasteiger partial charge in [0.15, 0.2) is 0 Å². The lowest BCUT2D eigenvalue weighted by Crippen LogP contribution is -2.50. The molecule has 3 N–H and O–H groups in total. The van der Waals surface area contributed by atoms with Crippen LogP contribution in [0, 0.1) is 10.1 Å². The van der Waals surface area contributed by atoms with Crippen molar-refractivity contribution in [1.82, 2.24) is 9.62 Å². The summed E-state index contributed by atoms with van der Waals surface area (Å²) in [5.74, 6) is -3.50. The normalized spacial score (nSPS) is 18.1. The van der Waals surface area contributed by atoms with E-state index in [0.717, 1.165) is 28.6 Å². The van der Waals surface area contributed by atoms with Crippen LogP contribution in [0.1, 0.15) is 25.7 Å². The first-order valence-corrected chi connectivity index (χ1v) is 9.99. The van der Waals surface area contributed by atoms with Crippen LogP contribution >= 0.6 is 0 Å². The quantitative estimate of drug-likeness (QED) is 0.364. The van der Waals surface area contributed by atoms with Gasteiger partial charge in [0, 0.05) is 25.1 Å². The fraction of sp³-hybridized carbons (Fsp3) is 0.438. The van der Waals surface area contributed by atoms with Crippen LogP contribution in [0.2, 0.25) is 0 Å². The second-order valence-corrected chi connectivity index (χ2v) is 8.25. The Morgan fingerprint density at radius 3 is 2.38 bits per heavy atom. The van der Waals surface area contributed by atoms with Crippen LogP contribution in [0.4, 0.5) is 5.69 Å². The van der Waals surface area contributed by atoms with Gasteiger partial charge in [0.25, 0.3) is 5.69 Å². The van der Waals surface area contributed by atoms with Crippen molar-refractivity contribution in [1.29, 1.82) is 0 Å². The third kappa shape index (κ3) is 5.26. The van der Waals surface area contributed by atoms with E-state index in [4.69, 9.17) is 10.2 Å². The Hall–Kier alpha value is -3.06. The molecule has 158 valence electrons. The average molecular weight is 429 g/mol. The number of carboxylic acids is 2. The lowest BCUT2D eigenvalue weighted by atomic mass is 10.1. The summed E-state index contributed by atoms with van der Waals surface area (Å²) in [6.45, 7) is 0.0181. The summed E-state index contributed by atoms with van der Waals surface area (Å²) >= 11 is 0. The fourth-order valence-corrected chi connectivity index (χ4v) is 4.61. The van der Waals surface area contributed by atoms with Gasteiger partial charge < -0.3 is 15.5 Å². The highest BCUT2D eigenvalue weighted by Gasteiger charge is 2.40. The van der Waals surface area contributed by atoms with Gasteiger partial charge in [0.1, 0.15) is 12.1 Å². The third-order valence-electron chi connectivity index (χ3n) is 4.42. The summed E-state index contributed by atoms with van der Waals surface area (Å²) in [6, 6.07) is 1.56. The van der Waals surface area contributed by atoms with Gasteiger partial charge >= 0.3 is 11.9 Å². The first-order valence-electron chi connectivity index (χ1n) is 8.55. The van der Waals surface area contributed by atoms with Crippen molar-refractivity contribution in [2.75, 3.05) is 6.54 Å². The van der Waals surface area contributed by atoms with Crippen molar-refractivity contribution >= 4 is 33.6 Å². The van der Waals surface area contributed by atoms with Crippen molar-refractivity contribution in [3.05, 3.63) is 34.4 Å². The smallest absolute Gasteiger partial charge is 0.326 e. The van der Waals surface area contributed by atoms with E-state index in [1.54, 1.807) is 0 Å². The van der Waals surface area contributed by atoms with E-state index in [2.05, 4.69) is 5.32 Å². The monoisotopic (exact) mass is 429 g/mol. The topological polar surface area (TPSA) is 184 Å². The SMILES string of the molecule is O=C(O)CCC(NC(=O)C1CCCN1S(=O)(=O)c1ccc([N+](=O)[O-])cc1)C(=O)O. The standard InChI is InChI=1S/C16H19N3O9S/c20-14(21)8-7-12(16(23)24)17-15(22)13-2-1-9-18(13)29(27,28)11-5-3-10(4-6-11)19(25)26/h3-6,12-13H,1-2,7-9H2,(H,17,22)(H,20,21)(H,23,24). The molecule has 2 atom stereocenters. The van der Waals surface area contributed by atoms with Crippen LogP contribution in [0.25, 0.3) is 0 Å². The van der Waals surface area contributed by atoms with Crippen molar-refractivity contribution in [2.24, 2.45) is 0 Å². The number of nitro groups is 1. The minimum absolute atomic E-state index is 0.0181. The Balaban J connectivity index is 2.18. The minimum atomic E-state index is -4.15. The maximum Gasteiger partial charge on any atom is 0.326 e. The van der Waals surface area contributed by atoms with E-state index in [-0.39, 0.29) is 30.0 Å². The van der Waals surface area contributed by atoms with Gasteiger partial charge in [-0.2, -0.15) is 4.31 Å². The molecule has 0 spiro atoms. The number of nitrogens with zero attached hydrogens (tertiary/aromatic N) is 2. The number of carbonyl (C=O) groups is 3. The lowest BCUT2D eigenvalue weighted by molar-refractivity contribution is -0.384. The van der Waals surface area contributed by atoms with Crippen LogP contribution < -0.4 is 5.32 Å². The largest absolute Gasteiger partial charge is 0.481 e. The van der Waals surface area contributed by atoms with E-state index in [1.807, 2.05) is 0 Å². The van der Waals surface area contributed by atoms with Gasteiger partial charge in [-0.3, -0.25) is 19.7 Å². The molecule has 13 heteroatoms. The molecule has 1 saturated heterocycles. The zero-order valence-corrected chi connectivity index (χ0v) is 15.9. The van der Waals surface area contributed by atoms with Gasteiger partial charge in [-0.1, -0.05) is 0 Å². The minimum Gasteiger partial charge on any atom is -0.481 e. The van der Waals surface area contributed by atoms with Gasteiger partial charge in [-0.05, 0) is 31.4 Å². The fourth-order valence-electron chi connectivity index (χ4n) is 2.96. The second-order valence-electron chi connectivity index (χ2n) is 6.36. The lowest BCUT2D eigenvalue weighted by Gasteiger charge is -2.25. The molecule has 29 heavy (non-hydrogen) atoms. The van der Waals surface area contributed by atoms with Gasteiger partial charge in [-0.15, -0.1) is 0 Å². The van der Waals surface area contributed by atoms with Crippen LogP contribution in [0.15, 0.2) is 29.2 Å². The summed E-state index contributed by atoms with van der Waals surface area (Å²) in [5.41, 5.74) is -0.289. The molecule has 0 aromatic heterocycles. The molecule has 2 rings (SSSR count). The number of nitro benzene ring substituents is 1. The van der Waals surface area contributed by atoms with Crippen LogP contribution in [-0.4, -0.2) is 64.3 Å². The number of carboxylic acid groups (broad SMARTS) is 2. The average Bonchev–Trinajstić information content (AvgIpc) is 3.15. The highest BCUT2D eigenvalue weighted by molar-refractivity contribution is 7.89. The first kappa shape index (κ1) is 22.2. The zero-order valence-electron chi connectivity index (χ0n) is 15.1. The Morgan fingerprint density at radius 2 is 1.86 bits per heavy atom. The number of amides is 1. The number of hydrogen-bond acceptors (Lipinski definition) is 7. The summed E-state index contributed by atoms with van der Waals surface area (Å²) in [5, 5.41) is 30.8. The molecule has 1 aliphatic rings. The van der Waals surface area contributed by atoms with Gasteiger partial charge in [0.05, 0.1) is 9.82 Å². The molecular weight excluding hydrogens is 410 g/mol. The predicted octanol–water partition coefficient (Wildman–Crippen LogP) is 0.182. The highest BCUT2D eigenvalue weighted by Crippen LogP contribution is 2.27. The third-order valence-corrected chi connectivity index (χ3v) is 6.34. The first-order chi connectivity index (χ1) is 13.5. The number of rotatable bonds is 9. The Kier molecular flexibility index (Phi) is 6.87. The molecular formula is C16H19N3O9S. The molecule has 1 fully saturated rings. The van der Waals surface area contributed by atoms with E-state index in [9.17, 15) is 32.9 Å². The maximum absolute atomic E-state index is 12.8. The van der Waals surface area contributed by atoms with E-state index in [0.29, 0.717) is 6.42 Å². The number of hydrogen-bond donors (Lipinski definition) is 3. The Labute approximate surface area is 165 Å². The van der Waals surface area contributed by atoms with Crippen molar-refractivity contribution < 1.29 is 37.9 Å². The number of carbonyl (C=O) groups excluding carboxylic acids is 1. The molecule has 1 aliphatic heterocycles. The number of nitrogens with one attached hydrogen (secondary N) is 1.